The van der Waals surface area contributed by atoms with Crippen LogP contribution in [0.2, 0.25) is 0 Å². The zero-order valence-corrected chi connectivity index (χ0v) is 12.7. The minimum Gasteiger partial charge on any atom is -0.352 e. The molecule has 0 spiro atoms. The molecule has 1 atom stereocenters. The summed E-state index contributed by atoms with van der Waals surface area (Å²) in [6.45, 7) is 2.45. The summed E-state index contributed by atoms with van der Waals surface area (Å²) in [5, 5.41) is 6.21. The third-order valence-electron chi connectivity index (χ3n) is 3.35. The molecule has 106 valence electrons. The van der Waals surface area contributed by atoms with Crippen molar-refractivity contribution < 1.29 is 4.79 Å². The van der Waals surface area contributed by atoms with Gasteiger partial charge in [-0.25, -0.2) is 9.97 Å². The Bertz CT molecular complexity index is 637. The van der Waals surface area contributed by atoms with E-state index in [1.54, 1.807) is 12.4 Å². The van der Waals surface area contributed by atoms with E-state index in [-0.39, 0.29) is 11.9 Å². The summed E-state index contributed by atoms with van der Waals surface area (Å²) in [6, 6.07) is 0.177. The molecule has 7 heteroatoms. The number of hydrogen-bond acceptors (Lipinski definition) is 4. The summed E-state index contributed by atoms with van der Waals surface area (Å²) in [5.41, 5.74) is 1.79. The minimum atomic E-state index is -0.216. The van der Waals surface area contributed by atoms with Gasteiger partial charge in [0.25, 0.3) is 0 Å². The lowest BCUT2D eigenvalue weighted by Crippen LogP contribution is -2.42. The van der Waals surface area contributed by atoms with E-state index in [4.69, 9.17) is 0 Å². The molecule has 2 aromatic heterocycles. The molecule has 6 nitrogen and oxygen atoms in total. The van der Waals surface area contributed by atoms with Crippen LogP contribution in [0, 0.1) is 0 Å². The van der Waals surface area contributed by atoms with Gasteiger partial charge in [-0.2, -0.15) is 0 Å². The number of aromatic nitrogens is 3. The number of imidazole rings is 1. The van der Waals surface area contributed by atoms with Crippen LogP contribution < -0.4 is 10.6 Å². The molecule has 0 saturated heterocycles. The Morgan fingerprint density at radius 2 is 2.30 bits per heavy atom. The zero-order valence-electron chi connectivity index (χ0n) is 11.1. The predicted molar refractivity (Wildman–Crippen MR) is 78.2 cm³/mol. The molecule has 1 aliphatic carbocycles. The number of halogens is 1. The van der Waals surface area contributed by atoms with Gasteiger partial charge in [0, 0.05) is 18.8 Å². The van der Waals surface area contributed by atoms with Crippen molar-refractivity contribution in [2.75, 3.05) is 0 Å². The number of carbonyl (C=O) groups is 1. The third-order valence-corrected chi connectivity index (χ3v) is 3.76. The Morgan fingerprint density at radius 1 is 1.50 bits per heavy atom. The molecule has 1 fully saturated rings. The van der Waals surface area contributed by atoms with Crippen LogP contribution in [0.1, 0.15) is 25.5 Å². The monoisotopic (exact) mass is 337 g/mol. The van der Waals surface area contributed by atoms with Gasteiger partial charge in [0.1, 0.15) is 4.60 Å². The Kier molecular flexibility index (Phi) is 3.71. The molecule has 0 aliphatic heterocycles. The van der Waals surface area contributed by atoms with Crippen molar-refractivity contribution in [2.24, 2.45) is 0 Å². The van der Waals surface area contributed by atoms with Crippen molar-refractivity contribution in [2.45, 2.75) is 38.4 Å². The van der Waals surface area contributed by atoms with Crippen LogP contribution in [-0.2, 0) is 11.3 Å². The Labute approximate surface area is 125 Å². The van der Waals surface area contributed by atoms with E-state index in [0.717, 1.165) is 28.8 Å². The molecule has 0 bridgehead atoms. The van der Waals surface area contributed by atoms with E-state index >= 15 is 0 Å². The lowest BCUT2D eigenvalue weighted by molar-refractivity contribution is -0.122. The second-order valence-corrected chi connectivity index (χ2v) is 5.89. The number of carbonyl (C=O) groups excluding carboxylic acids is 1. The normalized spacial score (nSPS) is 16.3. The summed E-state index contributed by atoms with van der Waals surface area (Å²) < 4.78 is 2.71. The smallest absolute Gasteiger partial charge is 0.237 e. The molecule has 2 aromatic rings. The molecule has 0 aromatic carbocycles. The van der Waals surface area contributed by atoms with Gasteiger partial charge in [-0.3, -0.25) is 9.20 Å². The summed E-state index contributed by atoms with van der Waals surface area (Å²) in [6.07, 6.45) is 7.58. The molecule has 2 heterocycles. The molecule has 1 saturated carbocycles. The zero-order chi connectivity index (χ0) is 14.1. The van der Waals surface area contributed by atoms with Crippen LogP contribution in [0.4, 0.5) is 0 Å². The van der Waals surface area contributed by atoms with E-state index in [1.165, 1.54) is 0 Å². The molecule has 1 amide bonds. The van der Waals surface area contributed by atoms with Gasteiger partial charge in [-0.15, -0.1) is 0 Å². The van der Waals surface area contributed by atoms with Gasteiger partial charge in [-0.05, 0) is 35.7 Å². The average molecular weight is 338 g/mol. The maximum Gasteiger partial charge on any atom is 0.237 e. The largest absolute Gasteiger partial charge is 0.352 e. The Morgan fingerprint density at radius 3 is 3.05 bits per heavy atom. The van der Waals surface area contributed by atoms with E-state index < -0.39 is 0 Å². The van der Waals surface area contributed by atoms with Crippen LogP contribution in [0.3, 0.4) is 0 Å². The predicted octanol–water partition coefficient (Wildman–Crippen LogP) is 1.25. The summed E-state index contributed by atoms with van der Waals surface area (Å²) in [4.78, 5) is 20.3. The third kappa shape index (κ3) is 2.99. The molecule has 1 aliphatic rings. The Hall–Kier alpha value is -1.47. The Balaban J connectivity index is 1.64. The SMILES string of the molecule is CC(NCc1cnc2cnc(Br)cn12)C(=O)NC1CC1. The average Bonchev–Trinajstić information content (AvgIpc) is 3.15. The van der Waals surface area contributed by atoms with E-state index in [1.807, 2.05) is 17.5 Å². The maximum atomic E-state index is 11.9. The first kappa shape index (κ1) is 13.5. The molecular formula is C13H16BrN5O. The van der Waals surface area contributed by atoms with Gasteiger partial charge in [-0.1, -0.05) is 0 Å². The molecule has 1 unspecified atom stereocenters. The summed E-state index contributed by atoms with van der Waals surface area (Å²) in [7, 11) is 0. The van der Waals surface area contributed by atoms with E-state index in [2.05, 4.69) is 36.5 Å². The summed E-state index contributed by atoms with van der Waals surface area (Å²) in [5.74, 6) is 0.0594. The highest BCUT2D eigenvalue weighted by Crippen LogP contribution is 2.18. The first-order valence-electron chi connectivity index (χ1n) is 6.65. The van der Waals surface area contributed by atoms with Gasteiger partial charge >= 0.3 is 0 Å². The van der Waals surface area contributed by atoms with Crippen LogP contribution in [0.25, 0.3) is 5.65 Å². The minimum absolute atomic E-state index is 0.0594. The van der Waals surface area contributed by atoms with Gasteiger partial charge in [0.2, 0.25) is 5.91 Å². The van der Waals surface area contributed by atoms with E-state index in [9.17, 15) is 4.79 Å². The number of rotatable bonds is 5. The fourth-order valence-electron chi connectivity index (χ4n) is 1.95. The second kappa shape index (κ2) is 5.49. The fraction of sp³-hybridized carbons (Fsp3) is 0.462. The lowest BCUT2D eigenvalue weighted by Gasteiger charge is -2.13. The molecule has 20 heavy (non-hydrogen) atoms. The van der Waals surface area contributed by atoms with Crippen molar-refractivity contribution >= 4 is 27.5 Å². The van der Waals surface area contributed by atoms with Crippen LogP contribution in [0.15, 0.2) is 23.2 Å². The highest BCUT2D eigenvalue weighted by Gasteiger charge is 2.25. The quantitative estimate of drug-likeness (QED) is 0.861. The number of nitrogens with zero attached hydrogens (tertiary/aromatic N) is 3. The number of fused-ring (bicyclic) bond motifs is 1. The van der Waals surface area contributed by atoms with Crippen LogP contribution in [-0.4, -0.2) is 32.4 Å². The molecular weight excluding hydrogens is 322 g/mol. The highest BCUT2D eigenvalue weighted by atomic mass is 79.9. The van der Waals surface area contributed by atoms with Crippen molar-refractivity contribution in [3.8, 4) is 0 Å². The first-order valence-corrected chi connectivity index (χ1v) is 7.44. The fourth-order valence-corrected chi connectivity index (χ4v) is 2.26. The first-order chi connectivity index (χ1) is 9.63. The lowest BCUT2D eigenvalue weighted by atomic mass is 10.3. The standard InChI is InChI=1S/C13H16BrN5O/c1-8(13(20)18-9-2-3-9)15-4-10-5-17-12-6-16-11(14)7-19(10)12/h5-9,15H,2-4H2,1H3,(H,18,20). The van der Waals surface area contributed by atoms with Crippen LogP contribution >= 0.6 is 15.9 Å². The number of amides is 1. The maximum absolute atomic E-state index is 11.9. The second-order valence-electron chi connectivity index (χ2n) is 5.07. The molecule has 3 rings (SSSR count). The van der Waals surface area contributed by atoms with E-state index in [0.29, 0.717) is 12.6 Å². The van der Waals surface area contributed by atoms with Crippen molar-refractivity contribution in [1.82, 2.24) is 25.0 Å². The molecule has 0 radical (unpaired) electrons. The topological polar surface area (TPSA) is 71.3 Å². The number of nitrogens with one attached hydrogen (secondary N) is 2. The van der Waals surface area contributed by atoms with Crippen LogP contribution in [0.5, 0.6) is 0 Å². The highest BCUT2D eigenvalue weighted by molar-refractivity contribution is 9.10. The van der Waals surface area contributed by atoms with Crippen molar-refractivity contribution in [1.29, 1.82) is 0 Å². The van der Waals surface area contributed by atoms with Crippen molar-refractivity contribution in [3.05, 3.63) is 28.9 Å². The summed E-state index contributed by atoms with van der Waals surface area (Å²) >= 11 is 3.34. The number of hydrogen-bond donors (Lipinski definition) is 2. The van der Waals surface area contributed by atoms with Gasteiger partial charge in [0.05, 0.1) is 24.1 Å². The van der Waals surface area contributed by atoms with Crippen molar-refractivity contribution in [3.63, 3.8) is 0 Å². The van der Waals surface area contributed by atoms with Gasteiger partial charge < -0.3 is 10.6 Å². The van der Waals surface area contributed by atoms with Gasteiger partial charge in [0.15, 0.2) is 5.65 Å². The molecule has 2 N–H and O–H groups in total.